The predicted molar refractivity (Wildman–Crippen MR) is 101 cm³/mol. The van der Waals surface area contributed by atoms with Gasteiger partial charge in [0.15, 0.2) is 11.5 Å². The van der Waals surface area contributed by atoms with E-state index >= 15 is 0 Å². The number of aromatic nitrogens is 3. The summed E-state index contributed by atoms with van der Waals surface area (Å²) in [6, 6.07) is 8.97. The summed E-state index contributed by atoms with van der Waals surface area (Å²) < 4.78 is 10.6. The van der Waals surface area contributed by atoms with Crippen LogP contribution in [0.1, 0.15) is 18.2 Å². The van der Waals surface area contributed by atoms with Crippen molar-refractivity contribution >= 4 is 17.0 Å². The molecule has 0 aliphatic rings. The predicted octanol–water partition coefficient (Wildman–Crippen LogP) is 1.64. The number of ether oxygens (including phenoxy) is 2. The summed E-state index contributed by atoms with van der Waals surface area (Å²) in [7, 11) is 3.19. The van der Waals surface area contributed by atoms with Crippen molar-refractivity contribution in [1.29, 1.82) is 0 Å². The first-order chi connectivity index (χ1) is 12.6. The quantitative estimate of drug-likeness (QED) is 0.608. The molecular weight excluding hydrogens is 332 g/mol. The molecule has 0 spiro atoms. The highest BCUT2D eigenvalue weighted by molar-refractivity contribution is 5.81. The molecule has 1 aromatic carbocycles. The van der Waals surface area contributed by atoms with Crippen LogP contribution in [0.4, 0.5) is 5.95 Å². The third-order valence-electron chi connectivity index (χ3n) is 4.09. The number of anilines is 1. The third kappa shape index (κ3) is 3.37. The molecule has 6 N–H and O–H groups in total. The Balaban J connectivity index is 2.14. The van der Waals surface area contributed by atoms with Gasteiger partial charge in [-0.1, -0.05) is 0 Å². The summed E-state index contributed by atoms with van der Waals surface area (Å²) in [5.41, 5.74) is 21.1. The van der Waals surface area contributed by atoms with Crippen molar-refractivity contribution in [3.8, 4) is 22.8 Å². The number of rotatable bonds is 6. The Kier molecular flexibility index (Phi) is 5.15. The van der Waals surface area contributed by atoms with E-state index in [9.17, 15) is 0 Å². The second kappa shape index (κ2) is 7.51. The number of nitrogens with two attached hydrogens (primary N) is 3. The molecule has 0 radical (unpaired) electrons. The zero-order valence-corrected chi connectivity index (χ0v) is 14.8. The maximum absolute atomic E-state index is 6.21. The van der Waals surface area contributed by atoms with Crippen molar-refractivity contribution in [3.05, 3.63) is 36.0 Å². The number of hydrogen-bond acceptors (Lipinski definition) is 8. The molecule has 1 atom stereocenters. The highest BCUT2D eigenvalue weighted by Gasteiger charge is 2.16. The lowest BCUT2D eigenvalue weighted by Gasteiger charge is -2.14. The summed E-state index contributed by atoms with van der Waals surface area (Å²) in [6.07, 6.45) is 0.577. The normalized spacial score (nSPS) is 12.2. The van der Waals surface area contributed by atoms with Gasteiger partial charge in [-0.15, -0.1) is 0 Å². The van der Waals surface area contributed by atoms with Crippen LogP contribution in [-0.4, -0.2) is 35.7 Å². The van der Waals surface area contributed by atoms with E-state index in [1.165, 1.54) is 0 Å². The molecule has 0 amide bonds. The SMILES string of the molecule is COc1ccc(-c2ccc3nc(N)nc(C(N)CCN)c3n2)cc1OC. The van der Waals surface area contributed by atoms with Crippen molar-refractivity contribution in [2.24, 2.45) is 11.5 Å². The fourth-order valence-electron chi connectivity index (χ4n) is 2.79. The van der Waals surface area contributed by atoms with Crippen LogP contribution >= 0.6 is 0 Å². The van der Waals surface area contributed by atoms with Crippen molar-refractivity contribution in [1.82, 2.24) is 15.0 Å². The van der Waals surface area contributed by atoms with E-state index in [1.807, 2.05) is 30.3 Å². The van der Waals surface area contributed by atoms with Gasteiger partial charge in [0.1, 0.15) is 5.52 Å². The Morgan fingerprint density at radius 3 is 2.46 bits per heavy atom. The van der Waals surface area contributed by atoms with Crippen molar-refractivity contribution in [3.63, 3.8) is 0 Å². The molecule has 26 heavy (non-hydrogen) atoms. The van der Waals surface area contributed by atoms with E-state index < -0.39 is 0 Å². The van der Waals surface area contributed by atoms with Crippen LogP contribution in [-0.2, 0) is 0 Å². The van der Waals surface area contributed by atoms with Gasteiger partial charge in [-0.05, 0) is 43.3 Å². The number of nitrogens with zero attached hydrogens (tertiary/aromatic N) is 3. The Morgan fingerprint density at radius 2 is 1.77 bits per heavy atom. The molecule has 0 saturated carbocycles. The standard InChI is InChI=1S/C18H22N6O2/c1-25-14-6-3-10(9-15(14)26-2)12-4-5-13-17(22-12)16(11(20)7-8-19)24-18(21)23-13/h3-6,9,11H,7-8,19-20H2,1-2H3,(H2,21,23,24). The van der Waals surface area contributed by atoms with Gasteiger partial charge >= 0.3 is 0 Å². The molecule has 2 aromatic heterocycles. The Morgan fingerprint density at radius 1 is 1.00 bits per heavy atom. The molecular formula is C18H22N6O2. The molecule has 8 nitrogen and oxygen atoms in total. The first-order valence-electron chi connectivity index (χ1n) is 8.19. The Hall–Kier alpha value is -2.97. The van der Waals surface area contributed by atoms with Crippen LogP contribution in [0.3, 0.4) is 0 Å². The monoisotopic (exact) mass is 354 g/mol. The first-order valence-corrected chi connectivity index (χ1v) is 8.19. The number of pyridine rings is 1. The van der Waals surface area contributed by atoms with Gasteiger partial charge in [0, 0.05) is 5.56 Å². The van der Waals surface area contributed by atoms with Gasteiger partial charge in [-0.25, -0.2) is 15.0 Å². The molecule has 1 unspecified atom stereocenters. The zero-order valence-electron chi connectivity index (χ0n) is 14.8. The number of hydrogen-bond donors (Lipinski definition) is 3. The first kappa shape index (κ1) is 17.8. The molecule has 0 saturated heterocycles. The second-order valence-electron chi connectivity index (χ2n) is 5.78. The van der Waals surface area contributed by atoms with Gasteiger partial charge in [0.2, 0.25) is 5.95 Å². The van der Waals surface area contributed by atoms with E-state index in [0.717, 1.165) is 11.3 Å². The lowest BCUT2D eigenvalue weighted by atomic mass is 10.1. The van der Waals surface area contributed by atoms with Crippen molar-refractivity contribution < 1.29 is 9.47 Å². The Labute approximate surface area is 151 Å². The summed E-state index contributed by atoms with van der Waals surface area (Å²) in [5, 5.41) is 0. The van der Waals surface area contributed by atoms with Crippen LogP contribution in [0, 0.1) is 0 Å². The average Bonchev–Trinajstić information content (AvgIpc) is 2.66. The van der Waals surface area contributed by atoms with Gasteiger partial charge in [-0.3, -0.25) is 0 Å². The Bertz CT molecular complexity index is 931. The van der Waals surface area contributed by atoms with Crippen LogP contribution in [0.2, 0.25) is 0 Å². The smallest absolute Gasteiger partial charge is 0.220 e. The summed E-state index contributed by atoms with van der Waals surface area (Å²) in [4.78, 5) is 13.3. The molecule has 136 valence electrons. The summed E-state index contributed by atoms with van der Waals surface area (Å²) in [5.74, 6) is 1.44. The van der Waals surface area contributed by atoms with Gasteiger partial charge in [0.05, 0.1) is 37.2 Å². The maximum atomic E-state index is 6.21. The fourth-order valence-corrected chi connectivity index (χ4v) is 2.79. The molecule has 0 aliphatic carbocycles. The molecule has 0 fully saturated rings. The van der Waals surface area contributed by atoms with Gasteiger partial charge in [-0.2, -0.15) is 0 Å². The van der Waals surface area contributed by atoms with Crippen LogP contribution < -0.4 is 26.7 Å². The van der Waals surface area contributed by atoms with Crippen LogP contribution in [0.15, 0.2) is 30.3 Å². The van der Waals surface area contributed by atoms with Crippen molar-refractivity contribution in [2.45, 2.75) is 12.5 Å². The number of benzene rings is 1. The van der Waals surface area contributed by atoms with Gasteiger partial charge in [0.25, 0.3) is 0 Å². The van der Waals surface area contributed by atoms with E-state index in [4.69, 9.17) is 31.7 Å². The van der Waals surface area contributed by atoms with Crippen molar-refractivity contribution in [2.75, 3.05) is 26.5 Å². The third-order valence-corrected chi connectivity index (χ3v) is 4.09. The second-order valence-corrected chi connectivity index (χ2v) is 5.78. The van der Waals surface area contributed by atoms with E-state index in [1.54, 1.807) is 14.2 Å². The number of fused-ring (bicyclic) bond motifs is 1. The van der Waals surface area contributed by atoms with E-state index in [0.29, 0.717) is 41.2 Å². The lowest BCUT2D eigenvalue weighted by Crippen LogP contribution is -2.18. The molecule has 8 heteroatoms. The highest BCUT2D eigenvalue weighted by atomic mass is 16.5. The van der Waals surface area contributed by atoms with Crippen LogP contribution in [0.25, 0.3) is 22.3 Å². The molecule has 3 aromatic rings. The summed E-state index contributed by atoms with van der Waals surface area (Å²) in [6.45, 7) is 0.446. The number of methoxy groups -OCH3 is 2. The average molecular weight is 354 g/mol. The minimum absolute atomic E-state index is 0.167. The maximum Gasteiger partial charge on any atom is 0.220 e. The molecule has 2 heterocycles. The largest absolute Gasteiger partial charge is 0.493 e. The van der Waals surface area contributed by atoms with Crippen LogP contribution in [0.5, 0.6) is 11.5 Å². The van der Waals surface area contributed by atoms with E-state index in [-0.39, 0.29) is 12.0 Å². The minimum atomic E-state index is -0.360. The zero-order chi connectivity index (χ0) is 18.7. The molecule has 0 aliphatic heterocycles. The molecule has 0 bridgehead atoms. The lowest BCUT2D eigenvalue weighted by molar-refractivity contribution is 0.355. The highest BCUT2D eigenvalue weighted by Crippen LogP contribution is 2.32. The fraction of sp³-hybridized carbons (Fsp3) is 0.278. The number of nitrogen functional groups attached to an aromatic ring is 1. The topological polar surface area (TPSA) is 135 Å². The van der Waals surface area contributed by atoms with Gasteiger partial charge < -0.3 is 26.7 Å². The molecule has 3 rings (SSSR count). The van der Waals surface area contributed by atoms with E-state index in [2.05, 4.69) is 9.97 Å². The minimum Gasteiger partial charge on any atom is -0.493 e. The summed E-state index contributed by atoms with van der Waals surface area (Å²) >= 11 is 0.